The Balaban J connectivity index is 0.000000234. The standard InChI is InChI=1S/C14H21NO2.C6H3N3O7/c1-16-13-7-6-8-14(17-2)12(13)11-15-9-4-3-5-10-15;10-6-4(8(13)14)1-3(7(11)12)2-5(6)9(15)16/h6-8H,3-5,9-11H2,1-2H3;1-2,10H. The van der Waals surface area contributed by atoms with E-state index in [1.165, 1.54) is 37.9 Å². The molecule has 0 atom stereocenters. The maximum Gasteiger partial charge on any atom is 0.324 e. The SMILES string of the molecule is COc1cccc(OC)c1CN1CCCCC1.O=[N+]([O-])c1cc([N+](=O)[O-])c(O)c([N+](=O)[O-])c1. The zero-order chi connectivity index (χ0) is 24.5. The lowest BCUT2D eigenvalue weighted by Crippen LogP contribution is -2.29. The molecule has 1 heterocycles. The Morgan fingerprint density at radius 2 is 1.36 bits per heavy atom. The summed E-state index contributed by atoms with van der Waals surface area (Å²) in [7, 11) is 3.43. The van der Waals surface area contributed by atoms with Gasteiger partial charge in [-0.1, -0.05) is 12.5 Å². The lowest BCUT2D eigenvalue weighted by Gasteiger charge is -2.27. The third kappa shape index (κ3) is 6.49. The zero-order valence-corrected chi connectivity index (χ0v) is 18.1. The van der Waals surface area contributed by atoms with E-state index in [4.69, 9.17) is 14.6 Å². The highest BCUT2D eigenvalue weighted by Gasteiger charge is 2.30. The molecule has 1 N–H and O–H groups in total. The van der Waals surface area contributed by atoms with E-state index in [9.17, 15) is 30.3 Å². The predicted molar refractivity (Wildman–Crippen MR) is 117 cm³/mol. The minimum absolute atomic E-state index is 0.447. The number of methoxy groups -OCH3 is 2. The van der Waals surface area contributed by atoms with Crippen LogP contribution >= 0.6 is 0 Å². The van der Waals surface area contributed by atoms with Crippen LogP contribution in [0, 0.1) is 30.3 Å². The maximum atomic E-state index is 10.4. The number of phenolic OH excluding ortho intramolecular Hbond substituents is 1. The van der Waals surface area contributed by atoms with E-state index in [1.54, 1.807) is 14.2 Å². The largest absolute Gasteiger partial charge is 0.497 e. The number of piperidine rings is 1. The molecule has 0 amide bonds. The van der Waals surface area contributed by atoms with E-state index in [2.05, 4.69) is 4.90 Å². The lowest BCUT2D eigenvalue weighted by molar-refractivity contribution is -0.404. The third-order valence-corrected chi connectivity index (χ3v) is 5.02. The maximum absolute atomic E-state index is 10.4. The average molecular weight is 464 g/mol. The summed E-state index contributed by atoms with van der Waals surface area (Å²) in [5, 5.41) is 40.2. The molecular weight excluding hydrogens is 440 g/mol. The number of nitrogens with zero attached hydrogens (tertiary/aromatic N) is 4. The molecule has 3 rings (SSSR count). The average Bonchev–Trinajstić information content (AvgIpc) is 2.79. The smallest absolute Gasteiger partial charge is 0.324 e. The van der Waals surface area contributed by atoms with Gasteiger partial charge in [0.05, 0.1) is 46.7 Å². The van der Waals surface area contributed by atoms with Gasteiger partial charge < -0.3 is 14.6 Å². The van der Waals surface area contributed by atoms with Crippen molar-refractivity contribution >= 4 is 17.1 Å². The topological polar surface area (TPSA) is 171 Å². The molecule has 0 aliphatic carbocycles. The molecule has 1 aliphatic heterocycles. The number of benzene rings is 2. The molecule has 0 spiro atoms. The molecule has 0 bridgehead atoms. The zero-order valence-electron chi connectivity index (χ0n) is 18.1. The fourth-order valence-corrected chi connectivity index (χ4v) is 3.40. The van der Waals surface area contributed by atoms with E-state index in [0.29, 0.717) is 12.1 Å². The van der Waals surface area contributed by atoms with Crippen molar-refractivity contribution in [2.45, 2.75) is 25.8 Å². The van der Waals surface area contributed by atoms with Gasteiger partial charge in [-0.2, -0.15) is 0 Å². The summed E-state index contributed by atoms with van der Waals surface area (Å²) in [4.78, 5) is 30.2. The third-order valence-electron chi connectivity index (χ3n) is 5.02. The van der Waals surface area contributed by atoms with Crippen LogP contribution in [0.1, 0.15) is 24.8 Å². The van der Waals surface area contributed by atoms with Gasteiger partial charge in [0.2, 0.25) is 0 Å². The summed E-state index contributed by atoms with van der Waals surface area (Å²) in [5.41, 5.74) is -1.84. The monoisotopic (exact) mass is 464 g/mol. The molecule has 2 aromatic rings. The Labute approximate surface area is 188 Å². The number of aromatic hydroxyl groups is 1. The fourth-order valence-electron chi connectivity index (χ4n) is 3.40. The molecule has 0 aromatic heterocycles. The van der Waals surface area contributed by atoms with Gasteiger partial charge in [-0.05, 0) is 38.1 Å². The van der Waals surface area contributed by atoms with Crippen LogP contribution in [0.2, 0.25) is 0 Å². The molecule has 1 saturated heterocycles. The Morgan fingerprint density at radius 3 is 1.76 bits per heavy atom. The van der Waals surface area contributed by atoms with Crippen LogP contribution in [0.3, 0.4) is 0 Å². The van der Waals surface area contributed by atoms with Crippen molar-refractivity contribution in [2.24, 2.45) is 0 Å². The van der Waals surface area contributed by atoms with Crippen molar-refractivity contribution in [3.05, 3.63) is 66.2 Å². The normalized spacial score (nSPS) is 13.4. The van der Waals surface area contributed by atoms with Crippen molar-refractivity contribution in [1.29, 1.82) is 0 Å². The molecule has 1 aliphatic rings. The second-order valence-electron chi connectivity index (χ2n) is 7.08. The molecule has 33 heavy (non-hydrogen) atoms. The van der Waals surface area contributed by atoms with E-state index >= 15 is 0 Å². The Morgan fingerprint density at radius 1 is 0.879 bits per heavy atom. The van der Waals surface area contributed by atoms with Crippen LogP contribution in [0.5, 0.6) is 17.2 Å². The number of likely N-dealkylation sites (tertiary alicyclic amines) is 1. The van der Waals surface area contributed by atoms with Crippen molar-refractivity contribution in [3.63, 3.8) is 0 Å². The van der Waals surface area contributed by atoms with Gasteiger partial charge in [0.25, 0.3) is 11.4 Å². The van der Waals surface area contributed by atoms with Crippen molar-refractivity contribution in [3.8, 4) is 17.2 Å². The second-order valence-corrected chi connectivity index (χ2v) is 7.08. The second kappa shape index (κ2) is 11.6. The van der Waals surface area contributed by atoms with Gasteiger partial charge in [-0.3, -0.25) is 35.2 Å². The predicted octanol–water partition coefficient (Wildman–Crippen LogP) is 3.81. The first kappa shape index (κ1) is 25.3. The van der Waals surface area contributed by atoms with Crippen molar-refractivity contribution in [1.82, 2.24) is 4.90 Å². The van der Waals surface area contributed by atoms with Gasteiger partial charge in [0.15, 0.2) is 0 Å². The Bertz CT molecular complexity index is 965. The number of phenols is 1. The number of hydrogen-bond acceptors (Lipinski definition) is 10. The van der Waals surface area contributed by atoms with E-state index in [1.807, 2.05) is 18.2 Å². The van der Waals surface area contributed by atoms with E-state index < -0.39 is 37.6 Å². The highest BCUT2D eigenvalue weighted by molar-refractivity contribution is 5.64. The molecule has 0 saturated carbocycles. The highest BCUT2D eigenvalue weighted by atomic mass is 16.6. The van der Waals surface area contributed by atoms with Crippen LogP contribution in [0.4, 0.5) is 17.1 Å². The van der Waals surface area contributed by atoms with Gasteiger partial charge in [-0.15, -0.1) is 0 Å². The van der Waals surface area contributed by atoms with Crippen LogP contribution in [0.15, 0.2) is 30.3 Å². The molecular formula is C20H24N4O9. The Hall–Kier alpha value is -4.00. The molecule has 178 valence electrons. The summed E-state index contributed by atoms with van der Waals surface area (Å²) in [6.45, 7) is 3.29. The molecule has 1 fully saturated rings. The van der Waals surface area contributed by atoms with Crippen molar-refractivity contribution in [2.75, 3.05) is 27.3 Å². The molecule has 0 unspecified atom stereocenters. The van der Waals surface area contributed by atoms with Crippen molar-refractivity contribution < 1.29 is 29.4 Å². The van der Waals surface area contributed by atoms with Gasteiger partial charge in [-0.25, -0.2) is 0 Å². The summed E-state index contributed by atoms with van der Waals surface area (Å²) >= 11 is 0. The Kier molecular flexibility index (Phi) is 8.86. The molecule has 2 aromatic carbocycles. The number of ether oxygens (including phenoxy) is 2. The van der Waals surface area contributed by atoms with Gasteiger partial charge in [0.1, 0.15) is 11.5 Å². The van der Waals surface area contributed by atoms with E-state index in [-0.39, 0.29) is 0 Å². The van der Waals surface area contributed by atoms with Gasteiger partial charge in [0, 0.05) is 6.54 Å². The first-order valence-corrected chi connectivity index (χ1v) is 9.92. The number of nitro benzene ring substituents is 3. The van der Waals surface area contributed by atoms with Crippen LogP contribution < -0.4 is 9.47 Å². The summed E-state index contributed by atoms with van der Waals surface area (Å²) in [6.07, 6.45) is 3.97. The molecule has 13 nitrogen and oxygen atoms in total. The number of non-ortho nitro benzene ring substituents is 1. The van der Waals surface area contributed by atoms with Crippen LogP contribution in [-0.2, 0) is 6.54 Å². The first-order chi connectivity index (χ1) is 15.7. The number of rotatable bonds is 7. The summed E-state index contributed by atoms with van der Waals surface area (Å²) < 4.78 is 10.8. The van der Waals surface area contributed by atoms with Crippen LogP contribution in [0.25, 0.3) is 0 Å². The first-order valence-electron chi connectivity index (χ1n) is 9.92. The van der Waals surface area contributed by atoms with E-state index in [0.717, 1.165) is 18.0 Å². The number of nitro groups is 3. The quantitative estimate of drug-likeness (QED) is 0.469. The van der Waals surface area contributed by atoms with Crippen LogP contribution in [-0.4, -0.2) is 52.1 Å². The lowest BCUT2D eigenvalue weighted by atomic mass is 10.1. The van der Waals surface area contributed by atoms with Gasteiger partial charge >= 0.3 is 11.4 Å². The fraction of sp³-hybridized carbons (Fsp3) is 0.400. The molecule has 0 radical (unpaired) electrons. The summed E-state index contributed by atoms with van der Waals surface area (Å²) in [5.74, 6) is 0.644. The summed E-state index contributed by atoms with van der Waals surface area (Å²) in [6, 6.07) is 6.87. The number of hydrogen-bond donors (Lipinski definition) is 1. The minimum Gasteiger partial charge on any atom is -0.497 e. The molecule has 13 heteroatoms. The highest BCUT2D eigenvalue weighted by Crippen LogP contribution is 2.39. The minimum atomic E-state index is -1.21.